The van der Waals surface area contributed by atoms with Crippen LogP contribution in [-0.2, 0) is 0 Å². The second-order valence-electron chi connectivity index (χ2n) is 4.51. The molecule has 2 aromatic carbocycles. The Kier molecular flexibility index (Phi) is 3.78. The van der Waals surface area contributed by atoms with E-state index in [1.165, 1.54) is 0 Å². The van der Waals surface area contributed by atoms with E-state index in [4.69, 9.17) is 0 Å². The van der Waals surface area contributed by atoms with Gasteiger partial charge in [0.1, 0.15) is 6.29 Å². The second kappa shape index (κ2) is 5.50. The average molecular weight is 239 g/mol. The lowest BCUT2D eigenvalue weighted by molar-refractivity contribution is 0.112. The van der Waals surface area contributed by atoms with Gasteiger partial charge in [0.05, 0.1) is 0 Å². The summed E-state index contributed by atoms with van der Waals surface area (Å²) in [6.07, 6.45) is 0.867. The molecule has 0 unspecified atom stereocenters. The molecule has 0 saturated carbocycles. The third kappa shape index (κ3) is 2.59. The fourth-order valence-electron chi connectivity index (χ4n) is 2.05. The summed E-state index contributed by atoms with van der Waals surface area (Å²) in [7, 11) is 0. The largest absolute Gasteiger partial charge is 0.339 e. The van der Waals surface area contributed by atoms with Crippen molar-refractivity contribution in [2.45, 2.75) is 19.9 Å². The van der Waals surface area contributed by atoms with Crippen molar-refractivity contribution in [3.8, 4) is 0 Å². The summed E-state index contributed by atoms with van der Waals surface area (Å²) in [6.45, 7) is 4.31. The zero-order valence-corrected chi connectivity index (χ0v) is 10.7. The molecule has 18 heavy (non-hydrogen) atoms. The molecule has 0 heterocycles. The van der Waals surface area contributed by atoms with Gasteiger partial charge in [-0.3, -0.25) is 4.79 Å². The normalized spacial score (nSPS) is 10.4. The molecule has 0 amide bonds. The van der Waals surface area contributed by atoms with E-state index < -0.39 is 0 Å². The minimum atomic E-state index is 0.356. The molecule has 0 aromatic heterocycles. The number of para-hydroxylation sites is 1. The molecule has 0 N–H and O–H groups in total. The van der Waals surface area contributed by atoms with Crippen LogP contribution >= 0.6 is 0 Å². The van der Waals surface area contributed by atoms with Crippen molar-refractivity contribution in [3.05, 3.63) is 60.2 Å². The zero-order chi connectivity index (χ0) is 13.0. The van der Waals surface area contributed by atoms with Gasteiger partial charge in [0, 0.05) is 23.0 Å². The Hall–Kier alpha value is -2.09. The highest BCUT2D eigenvalue weighted by Crippen LogP contribution is 2.27. The Labute approximate surface area is 108 Å². The van der Waals surface area contributed by atoms with Gasteiger partial charge in [0.2, 0.25) is 0 Å². The highest BCUT2D eigenvalue weighted by atomic mass is 16.1. The number of carbonyl (C=O) groups excluding carboxylic acids is 1. The number of hydrogen-bond acceptors (Lipinski definition) is 2. The highest BCUT2D eigenvalue weighted by Gasteiger charge is 2.12. The molecular weight excluding hydrogens is 222 g/mol. The molecule has 0 aliphatic carbocycles. The van der Waals surface area contributed by atoms with E-state index in [-0.39, 0.29) is 0 Å². The van der Waals surface area contributed by atoms with Crippen molar-refractivity contribution >= 4 is 17.7 Å². The SMILES string of the molecule is CC(C)N(c1ccccc1)c1ccc(C=O)cc1. The Morgan fingerprint density at radius 2 is 1.44 bits per heavy atom. The van der Waals surface area contributed by atoms with Crippen LogP contribution in [0.15, 0.2) is 54.6 Å². The van der Waals surface area contributed by atoms with Crippen LogP contribution in [0, 0.1) is 0 Å². The van der Waals surface area contributed by atoms with Crippen LogP contribution in [0.3, 0.4) is 0 Å². The van der Waals surface area contributed by atoms with Gasteiger partial charge in [-0.25, -0.2) is 0 Å². The molecular formula is C16H17NO. The maximum Gasteiger partial charge on any atom is 0.150 e. The molecule has 0 saturated heterocycles. The first-order valence-electron chi connectivity index (χ1n) is 6.12. The molecule has 92 valence electrons. The Balaban J connectivity index is 2.38. The number of aldehydes is 1. The third-order valence-corrected chi connectivity index (χ3v) is 2.86. The molecule has 0 spiro atoms. The summed E-state index contributed by atoms with van der Waals surface area (Å²) in [5.41, 5.74) is 2.96. The van der Waals surface area contributed by atoms with Crippen LogP contribution in [0.2, 0.25) is 0 Å². The lowest BCUT2D eigenvalue weighted by Gasteiger charge is -2.29. The van der Waals surface area contributed by atoms with Crippen LogP contribution in [0.1, 0.15) is 24.2 Å². The lowest BCUT2D eigenvalue weighted by atomic mass is 10.1. The Morgan fingerprint density at radius 1 is 0.889 bits per heavy atom. The van der Waals surface area contributed by atoms with Gasteiger partial charge >= 0.3 is 0 Å². The van der Waals surface area contributed by atoms with E-state index in [2.05, 4.69) is 30.9 Å². The van der Waals surface area contributed by atoms with E-state index in [9.17, 15) is 4.79 Å². The maximum atomic E-state index is 10.7. The van der Waals surface area contributed by atoms with E-state index in [1.807, 2.05) is 42.5 Å². The van der Waals surface area contributed by atoms with Gasteiger partial charge in [0.15, 0.2) is 0 Å². The highest BCUT2D eigenvalue weighted by molar-refractivity contribution is 5.76. The molecule has 0 radical (unpaired) electrons. The fourth-order valence-corrected chi connectivity index (χ4v) is 2.05. The summed E-state index contributed by atoms with van der Waals surface area (Å²) in [5, 5.41) is 0. The summed E-state index contributed by atoms with van der Waals surface area (Å²) >= 11 is 0. The van der Waals surface area contributed by atoms with Crippen LogP contribution in [-0.4, -0.2) is 12.3 Å². The fraction of sp³-hybridized carbons (Fsp3) is 0.188. The van der Waals surface area contributed by atoms with Crippen LogP contribution in [0.25, 0.3) is 0 Å². The van der Waals surface area contributed by atoms with Gasteiger partial charge in [-0.1, -0.05) is 18.2 Å². The number of nitrogens with zero attached hydrogens (tertiary/aromatic N) is 1. The molecule has 2 heteroatoms. The van der Waals surface area contributed by atoms with Crippen LogP contribution in [0.5, 0.6) is 0 Å². The monoisotopic (exact) mass is 239 g/mol. The van der Waals surface area contributed by atoms with Crippen LogP contribution < -0.4 is 4.90 Å². The van der Waals surface area contributed by atoms with Gasteiger partial charge in [-0.05, 0) is 50.2 Å². The van der Waals surface area contributed by atoms with Crippen molar-refractivity contribution in [2.75, 3.05) is 4.90 Å². The van der Waals surface area contributed by atoms with Crippen molar-refractivity contribution < 1.29 is 4.79 Å². The number of anilines is 2. The minimum Gasteiger partial charge on any atom is -0.339 e. The number of benzene rings is 2. The van der Waals surface area contributed by atoms with Crippen molar-refractivity contribution in [3.63, 3.8) is 0 Å². The minimum absolute atomic E-state index is 0.356. The molecule has 0 aliphatic rings. The van der Waals surface area contributed by atoms with Gasteiger partial charge in [-0.15, -0.1) is 0 Å². The van der Waals surface area contributed by atoms with E-state index in [0.29, 0.717) is 11.6 Å². The second-order valence-corrected chi connectivity index (χ2v) is 4.51. The van der Waals surface area contributed by atoms with Gasteiger partial charge in [0.25, 0.3) is 0 Å². The topological polar surface area (TPSA) is 20.3 Å². The average Bonchev–Trinajstić information content (AvgIpc) is 2.40. The van der Waals surface area contributed by atoms with Crippen molar-refractivity contribution in [1.29, 1.82) is 0 Å². The molecule has 0 atom stereocenters. The smallest absolute Gasteiger partial charge is 0.150 e. The standard InChI is InChI=1S/C16H17NO/c1-13(2)17(15-6-4-3-5-7-15)16-10-8-14(12-18)9-11-16/h3-13H,1-2H3. The van der Waals surface area contributed by atoms with Crippen molar-refractivity contribution in [1.82, 2.24) is 0 Å². The van der Waals surface area contributed by atoms with E-state index in [0.717, 1.165) is 17.7 Å². The third-order valence-electron chi connectivity index (χ3n) is 2.86. The molecule has 0 bridgehead atoms. The Morgan fingerprint density at radius 3 is 1.94 bits per heavy atom. The van der Waals surface area contributed by atoms with Crippen molar-refractivity contribution in [2.24, 2.45) is 0 Å². The molecule has 2 nitrogen and oxygen atoms in total. The quantitative estimate of drug-likeness (QED) is 0.750. The zero-order valence-electron chi connectivity index (χ0n) is 10.7. The van der Waals surface area contributed by atoms with E-state index in [1.54, 1.807) is 0 Å². The number of hydrogen-bond donors (Lipinski definition) is 0. The molecule has 0 aliphatic heterocycles. The maximum absolute atomic E-state index is 10.7. The summed E-state index contributed by atoms with van der Waals surface area (Å²) in [4.78, 5) is 12.9. The molecule has 2 rings (SSSR count). The predicted molar refractivity (Wildman–Crippen MR) is 75.5 cm³/mol. The summed E-state index contributed by atoms with van der Waals surface area (Å²) in [6, 6.07) is 18.3. The van der Waals surface area contributed by atoms with Gasteiger partial charge < -0.3 is 4.90 Å². The number of rotatable bonds is 4. The van der Waals surface area contributed by atoms with Crippen LogP contribution in [0.4, 0.5) is 11.4 Å². The predicted octanol–water partition coefficient (Wildman–Crippen LogP) is 4.05. The first kappa shape index (κ1) is 12.4. The summed E-state index contributed by atoms with van der Waals surface area (Å²) < 4.78 is 0. The lowest BCUT2D eigenvalue weighted by Crippen LogP contribution is -2.25. The first-order valence-corrected chi connectivity index (χ1v) is 6.12. The number of carbonyl (C=O) groups is 1. The molecule has 0 fully saturated rings. The first-order chi connectivity index (χ1) is 8.72. The summed E-state index contributed by atoms with van der Waals surface area (Å²) in [5.74, 6) is 0. The van der Waals surface area contributed by atoms with Gasteiger partial charge in [-0.2, -0.15) is 0 Å². The Bertz CT molecular complexity index is 502. The van der Waals surface area contributed by atoms with E-state index >= 15 is 0 Å². The molecule has 2 aromatic rings.